The zero-order valence-electron chi connectivity index (χ0n) is 9.01. The topological polar surface area (TPSA) is 24.9 Å². The van der Waals surface area contributed by atoms with E-state index in [1.807, 2.05) is 13.2 Å². The highest BCUT2D eigenvalue weighted by Crippen LogP contribution is 2.28. The van der Waals surface area contributed by atoms with Crippen molar-refractivity contribution in [1.82, 2.24) is 4.98 Å². The molecule has 0 radical (unpaired) electrons. The van der Waals surface area contributed by atoms with Crippen LogP contribution in [0.25, 0.3) is 0 Å². The molecule has 0 aliphatic heterocycles. The van der Waals surface area contributed by atoms with Crippen molar-refractivity contribution >= 4 is 17.6 Å². The molecule has 1 heterocycles. The van der Waals surface area contributed by atoms with Crippen molar-refractivity contribution in [3.63, 3.8) is 0 Å². The third-order valence-electron chi connectivity index (χ3n) is 1.90. The van der Waals surface area contributed by atoms with Gasteiger partial charge in [-0.2, -0.15) is 24.9 Å². The molecular formula is C10H13F3N2S. The zero-order valence-corrected chi connectivity index (χ0v) is 9.82. The van der Waals surface area contributed by atoms with E-state index in [0.29, 0.717) is 5.82 Å². The Morgan fingerprint density at radius 3 is 2.56 bits per heavy atom. The Balaban J connectivity index is 2.65. The quantitative estimate of drug-likeness (QED) is 0.887. The molecule has 6 heteroatoms. The lowest BCUT2D eigenvalue weighted by atomic mass is 10.2. The molecule has 90 valence electrons. The molecule has 1 atom stereocenters. The number of rotatable bonds is 4. The van der Waals surface area contributed by atoms with E-state index in [-0.39, 0.29) is 6.04 Å². The number of nitrogens with one attached hydrogen (secondary N) is 1. The lowest BCUT2D eigenvalue weighted by Gasteiger charge is -2.13. The summed E-state index contributed by atoms with van der Waals surface area (Å²) in [6, 6.07) is 2.56. The molecule has 0 amide bonds. The first kappa shape index (κ1) is 13.2. The van der Waals surface area contributed by atoms with Crippen LogP contribution in [0.3, 0.4) is 0 Å². The summed E-state index contributed by atoms with van der Waals surface area (Å²) in [5, 5.41) is 3.02. The number of thioether (sulfide) groups is 1. The van der Waals surface area contributed by atoms with Crippen LogP contribution < -0.4 is 5.32 Å². The lowest BCUT2D eigenvalue weighted by Crippen LogP contribution is -2.18. The van der Waals surface area contributed by atoms with Gasteiger partial charge < -0.3 is 5.32 Å². The van der Waals surface area contributed by atoms with E-state index in [2.05, 4.69) is 10.3 Å². The maximum absolute atomic E-state index is 12.2. The van der Waals surface area contributed by atoms with Gasteiger partial charge in [0.1, 0.15) is 5.82 Å². The van der Waals surface area contributed by atoms with E-state index >= 15 is 0 Å². The van der Waals surface area contributed by atoms with Crippen molar-refractivity contribution in [2.75, 3.05) is 17.3 Å². The summed E-state index contributed by atoms with van der Waals surface area (Å²) >= 11 is 1.67. The van der Waals surface area contributed by atoms with Gasteiger partial charge in [-0.15, -0.1) is 0 Å². The van der Waals surface area contributed by atoms with E-state index in [1.54, 1.807) is 11.8 Å². The highest BCUT2D eigenvalue weighted by atomic mass is 32.2. The van der Waals surface area contributed by atoms with Crippen LogP contribution in [-0.4, -0.2) is 23.0 Å². The Hall–Kier alpha value is -0.910. The van der Waals surface area contributed by atoms with E-state index in [9.17, 15) is 13.2 Å². The Kier molecular flexibility index (Phi) is 4.46. The Morgan fingerprint density at radius 2 is 2.12 bits per heavy atom. The van der Waals surface area contributed by atoms with E-state index in [0.717, 1.165) is 18.0 Å². The highest BCUT2D eigenvalue weighted by molar-refractivity contribution is 7.98. The molecule has 0 spiro atoms. The van der Waals surface area contributed by atoms with Crippen LogP contribution >= 0.6 is 11.8 Å². The molecule has 0 fully saturated rings. The normalized spacial score (nSPS) is 13.6. The van der Waals surface area contributed by atoms with Crippen LogP contribution in [0.2, 0.25) is 0 Å². The minimum atomic E-state index is -4.32. The molecular weight excluding hydrogens is 237 g/mol. The second-order valence-corrected chi connectivity index (χ2v) is 4.34. The van der Waals surface area contributed by atoms with Gasteiger partial charge >= 0.3 is 6.18 Å². The first-order valence-electron chi connectivity index (χ1n) is 4.72. The molecule has 1 rings (SSSR count). The van der Waals surface area contributed by atoms with Gasteiger partial charge in [-0.05, 0) is 25.3 Å². The summed E-state index contributed by atoms with van der Waals surface area (Å²) in [6.07, 6.45) is -1.51. The molecule has 0 aliphatic carbocycles. The van der Waals surface area contributed by atoms with Crippen molar-refractivity contribution in [3.05, 3.63) is 23.9 Å². The molecule has 16 heavy (non-hydrogen) atoms. The number of halogens is 3. The molecule has 2 nitrogen and oxygen atoms in total. The molecule has 0 aromatic carbocycles. The Labute approximate surface area is 96.6 Å². The largest absolute Gasteiger partial charge is 0.417 e. The number of alkyl halides is 3. The van der Waals surface area contributed by atoms with Crippen LogP contribution in [-0.2, 0) is 6.18 Å². The third kappa shape index (κ3) is 3.92. The van der Waals surface area contributed by atoms with E-state index < -0.39 is 11.7 Å². The van der Waals surface area contributed by atoms with Gasteiger partial charge in [0.25, 0.3) is 0 Å². The average Bonchev–Trinajstić information content (AvgIpc) is 2.17. The molecule has 0 saturated heterocycles. The standard InChI is InChI=1S/C10H13F3N2S/c1-7(6-16-2)15-9-4-3-8(5-14-9)10(11,12)13/h3-5,7H,6H2,1-2H3,(H,14,15). The molecule has 1 aromatic rings. The van der Waals surface area contributed by atoms with Gasteiger partial charge in [0.2, 0.25) is 0 Å². The maximum atomic E-state index is 12.2. The third-order valence-corrected chi connectivity index (χ3v) is 2.74. The van der Waals surface area contributed by atoms with Crippen LogP contribution in [0.5, 0.6) is 0 Å². The van der Waals surface area contributed by atoms with Gasteiger partial charge in [-0.3, -0.25) is 0 Å². The van der Waals surface area contributed by atoms with Crippen molar-refractivity contribution < 1.29 is 13.2 Å². The van der Waals surface area contributed by atoms with Crippen molar-refractivity contribution in [2.24, 2.45) is 0 Å². The second kappa shape index (κ2) is 5.43. The lowest BCUT2D eigenvalue weighted by molar-refractivity contribution is -0.137. The SMILES string of the molecule is CSCC(C)Nc1ccc(C(F)(F)F)cn1. The number of hydrogen-bond acceptors (Lipinski definition) is 3. The van der Waals surface area contributed by atoms with Crippen LogP contribution in [0.1, 0.15) is 12.5 Å². The number of pyridine rings is 1. The number of nitrogens with zero attached hydrogens (tertiary/aromatic N) is 1. The summed E-state index contributed by atoms with van der Waals surface area (Å²) in [5.41, 5.74) is -0.726. The second-order valence-electron chi connectivity index (χ2n) is 3.43. The highest BCUT2D eigenvalue weighted by Gasteiger charge is 2.30. The maximum Gasteiger partial charge on any atom is 0.417 e. The summed E-state index contributed by atoms with van der Waals surface area (Å²) in [6.45, 7) is 1.95. The van der Waals surface area contributed by atoms with Gasteiger partial charge in [-0.25, -0.2) is 4.98 Å². The van der Waals surface area contributed by atoms with Gasteiger partial charge in [0, 0.05) is 18.0 Å². The summed E-state index contributed by atoms with van der Waals surface area (Å²) in [5.74, 6) is 1.34. The average molecular weight is 250 g/mol. The monoisotopic (exact) mass is 250 g/mol. The fourth-order valence-corrected chi connectivity index (χ4v) is 1.77. The minimum absolute atomic E-state index is 0.180. The van der Waals surface area contributed by atoms with E-state index in [4.69, 9.17) is 0 Å². The van der Waals surface area contributed by atoms with Crippen LogP contribution in [0.15, 0.2) is 18.3 Å². The van der Waals surface area contributed by atoms with Gasteiger partial charge in [0.15, 0.2) is 0 Å². The molecule has 0 saturated carbocycles. The number of aromatic nitrogens is 1. The zero-order chi connectivity index (χ0) is 12.2. The summed E-state index contributed by atoms with van der Waals surface area (Å²) < 4.78 is 36.7. The number of anilines is 1. The van der Waals surface area contributed by atoms with Crippen LogP contribution in [0.4, 0.5) is 19.0 Å². The first-order valence-corrected chi connectivity index (χ1v) is 6.11. The van der Waals surface area contributed by atoms with Gasteiger partial charge in [-0.1, -0.05) is 0 Å². The summed E-state index contributed by atoms with van der Waals surface area (Å²) in [7, 11) is 0. The molecule has 1 N–H and O–H groups in total. The summed E-state index contributed by atoms with van der Waals surface area (Å²) in [4.78, 5) is 3.73. The fraction of sp³-hybridized carbons (Fsp3) is 0.500. The molecule has 1 aromatic heterocycles. The van der Waals surface area contributed by atoms with Crippen LogP contribution in [0, 0.1) is 0 Å². The van der Waals surface area contributed by atoms with Gasteiger partial charge in [0.05, 0.1) is 5.56 Å². The first-order chi connectivity index (χ1) is 7.43. The predicted octanol–water partition coefficient (Wildman–Crippen LogP) is 3.26. The predicted molar refractivity (Wildman–Crippen MR) is 60.7 cm³/mol. The van der Waals surface area contributed by atoms with Crippen molar-refractivity contribution in [1.29, 1.82) is 0 Å². The Bertz CT molecular complexity index is 324. The molecule has 0 aliphatic rings. The van der Waals surface area contributed by atoms with Crippen molar-refractivity contribution in [3.8, 4) is 0 Å². The smallest absolute Gasteiger partial charge is 0.367 e. The molecule has 1 unspecified atom stereocenters. The van der Waals surface area contributed by atoms with Crippen molar-refractivity contribution in [2.45, 2.75) is 19.1 Å². The Morgan fingerprint density at radius 1 is 1.44 bits per heavy atom. The minimum Gasteiger partial charge on any atom is -0.367 e. The molecule has 0 bridgehead atoms. The number of hydrogen-bond donors (Lipinski definition) is 1. The fourth-order valence-electron chi connectivity index (χ4n) is 1.19. The van der Waals surface area contributed by atoms with E-state index in [1.165, 1.54) is 6.07 Å².